The van der Waals surface area contributed by atoms with Crippen LogP contribution in [0.5, 0.6) is 0 Å². The van der Waals surface area contributed by atoms with Gasteiger partial charge in [0.15, 0.2) is 0 Å². The van der Waals surface area contributed by atoms with Crippen molar-refractivity contribution < 1.29 is 0 Å². The molecule has 0 aliphatic heterocycles. The standard InChI is InChI=1S/C22H38N/c1-5-9-14-20(7-3)18-23(22-16-12-11-13-17-22)19-21(8-4)15-10-6-2/h11-13,16,20-21H,5-10,14-15,18-19H2,1-4H3. The molecule has 131 valence electrons. The molecule has 0 spiro atoms. The van der Waals surface area contributed by atoms with Crippen molar-refractivity contribution >= 4 is 5.69 Å². The largest absolute Gasteiger partial charge is 0.370 e. The molecule has 0 heterocycles. The molecule has 2 atom stereocenters. The number of benzene rings is 1. The summed E-state index contributed by atoms with van der Waals surface area (Å²) >= 11 is 0. The van der Waals surface area contributed by atoms with Gasteiger partial charge in [-0.3, -0.25) is 0 Å². The van der Waals surface area contributed by atoms with Gasteiger partial charge in [-0.1, -0.05) is 84.4 Å². The molecule has 23 heavy (non-hydrogen) atoms. The zero-order valence-corrected chi connectivity index (χ0v) is 16.0. The normalized spacial score (nSPS) is 13.7. The number of hydrogen-bond donors (Lipinski definition) is 0. The van der Waals surface area contributed by atoms with Crippen LogP contribution < -0.4 is 4.90 Å². The highest BCUT2D eigenvalue weighted by molar-refractivity contribution is 5.44. The van der Waals surface area contributed by atoms with Crippen molar-refractivity contribution in [1.82, 2.24) is 0 Å². The van der Waals surface area contributed by atoms with Crippen LogP contribution in [0.1, 0.15) is 79.1 Å². The van der Waals surface area contributed by atoms with Crippen molar-refractivity contribution in [1.29, 1.82) is 0 Å². The Morgan fingerprint density at radius 3 is 1.83 bits per heavy atom. The van der Waals surface area contributed by atoms with E-state index in [2.05, 4.69) is 62.9 Å². The van der Waals surface area contributed by atoms with Gasteiger partial charge in [0, 0.05) is 24.8 Å². The van der Waals surface area contributed by atoms with Crippen molar-refractivity contribution in [2.75, 3.05) is 18.0 Å². The molecule has 1 aromatic carbocycles. The maximum absolute atomic E-state index is 3.47. The van der Waals surface area contributed by atoms with E-state index in [0.717, 1.165) is 11.8 Å². The van der Waals surface area contributed by atoms with Gasteiger partial charge in [-0.05, 0) is 30.7 Å². The van der Waals surface area contributed by atoms with E-state index in [-0.39, 0.29) is 0 Å². The number of hydrogen-bond acceptors (Lipinski definition) is 1. The number of unbranched alkanes of at least 4 members (excludes halogenated alkanes) is 2. The molecule has 1 rings (SSSR count). The molecular weight excluding hydrogens is 278 g/mol. The van der Waals surface area contributed by atoms with Gasteiger partial charge in [0.2, 0.25) is 0 Å². The van der Waals surface area contributed by atoms with Gasteiger partial charge in [0.1, 0.15) is 0 Å². The Labute approximate surface area is 145 Å². The molecule has 0 saturated heterocycles. The Morgan fingerprint density at radius 1 is 0.870 bits per heavy atom. The predicted octanol–water partition coefficient (Wildman–Crippen LogP) is 6.73. The molecule has 0 aromatic heterocycles. The Hall–Kier alpha value is -0.980. The van der Waals surface area contributed by atoms with Crippen LogP contribution in [0.25, 0.3) is 0 Å². The van der Waals surface area contributed by atoms with Crippen LogP contribution in [0, 0.1) is 17.9 Å². The van der Waals surface area contributed by atoms with E-state index in [9.17, 15) is 0 Å². The van der Waals surface area contributed by atoms with Crippen LogP contribution in [0.3, 0.4) is 0 Å². The number of para-hydroxylation sites is 1. The first-order valence-electron chi connectivity index (χ1n) is 9.96. The first-order valence-corrected chi connectivity index (χ1v) is 9.96. The number of rotatable bonds is 13. The summed E-state index contributed by atoms with van der Waals surface area (Å²) in [5.74, 6) is 1.62. The summed E-state index contributed by atoms with van der Waals surface area (Å²) in [6.07, 6.45) is 10.6. The summed E-state index contributed by atoms with van der Waals surface area (Å²) in [7, 11) is 0. The molecule has 2 unspecified atom stereocenters. The zero-order chi connectivity index (χ0) is 16.9. The average Bonchev–Trinajstić information content (AvgIpc) is 2.61. The minimum atomic E-state index is 0.812. The molecule has 1 radical (unpaired) electrons. The molecule has 1 nitrogen and oxygen atoms in total. The highest BCUT2D eigenvalue weighted by Gasteiger charge is 2.17. The third kappa shape index (κ3) is 7.90. The van der Waals surface area contributed by atoms with E-state index in [0.29, 0.717) is 0 Å². The molecule has 0 saturated carbocycles. The number of nitrogens with zero attached hydrogens (tertiary/aromatic N) is 1. The third-order valence-electron chi connectivity index (χ3n) is 5.08. The predicted molar refractivity (Wildman–Crippen MR) is 104 cm³/mol. The van der Waals surface area contributed by atoms with E-state index >= 15 is 0 Å². The lowest BCUT2D eigenvalue weighted by Gasteiger charge is -2.32. The van der Waals surface area contributed by atoms with Crippen molar-refractivity contribution in [2.24, 2.45) is 11.8 Å². The zero-order valence-electron chi connectivity index (χ0n) is 16.0. The van der Waals surface area contributed by atoms with Gasteiger partial charge < -0.3 is 4.90 Å². The second kappa shape index (κ2) is 12.4. The van der Waals surface area contributed by atoms with E-state index in [1.807, 2.05) is 0 Å². The molecular formula is C22H38N. The van der Waals surface area contributed by atoms with Crippen LogP contribution in [-0.4, -0.2) is 13.1 Å². The summed E-state index contributed by atoms with van der Waals surface area (Å²) in [5, 5.41) is 0. The minimum Gasteiger partial charge on any atom is -0.370 e. The van der Waals surface area contributed by atoms with Crippen molar-refractivity contribution in [2.45, 2.75) is 79.1 Å². The van der Waals surface area contributed by atoms with Crippen LogP contribution in [-0.2, 0) is 0 Å². The Balaban J connectivity index is 2.76. The summed E-state index contributed by atoms with van der Waals surface area (Å²) in [6.45, 7) is 11.7. The summed E-state index contributed by atoms with van der Waals surface area (Å²) < 4.78 is 0. The highest BCUT2D eigenvalue weighted by Crippen LogP contribution is 2.23. The number of anilines is 1. The van der Waals surface area contributed by atoms with Crippen molar-refractivity contribution in [3.8, 4) is 0 Å². The quantitative estimate of drug-likeness (QED) is 0.390. The van der Waals surface area contributed by atoms with Crippen LogP contribution in [0.4, 0.5) is 5.69 Å². The van der Waals surface area contributed by atoms with E-state index in [1.54, 1.807) is 0 Å². The molecule has 0 aliphatic carbocycles. The molecule has 0 amide bonds. The Bertz CT molecular complexity index is 355. The Morgan fingerprint density at radius 2 is 1.43 bits per heavy atom. The van der Waals surface area contributed by atoms with Gasteiger partial charge in [-0.2, -0.15) is 0 Å². The average molecular weight is 317 g/mol. The summed E-state index contributed by atoms with van der Waals surface area (Å²) in [4.78, 5) is 2.62. The van der Waals surface area contributed by atoms with Gasteiger partial charge >= 0.3 is 0 Å². The van der Waals surface area contributed by atoms with Crippen LogP contribution in [0.15, 0.2) is 24.3 Å². The van der Waals surface area contributed by atoms with Gasteiger partial charge in [0.05, 0.1) is 0 Å². The van der Waals surface area contributed by atoms with E-state index in [1.165, 1.54) is 70.1 Å². The lowest BCUT2D eigenvalue weighted by atomic mass is 9.95. The molecule has 0 N–H and O–H groups in total. The second-order valence-electron chi connectivity index (χ2n) is 6.99. The van der Waals surface area contributed by atoms with Gasteiger partial charge in [-0.25, -0.2) is 0 Å². The van der Waals surface area contributed by atoms with Gasteiger partial charge in [0.25, 0.3) is 0 Å². The smallest absolute Gasteiger partial charge is 0.0446 e. The third-order valence-corrected chi connectivity index (χ3v) is 5.08. The summed E-state index contributed by atoms with van der Waals surface area (Å²) in [5.41, 5.74) is 1.29. The maximum Gasteiger partial charge on any atom is 0.0446 e. The minimum absolute atomic E-state index is 0.812. The Kier molecular flexibility index (Phi) is 10.9. The molecule has 0 bridgehead atoms. The SMILES string of the molecule is CCCCC(CC)CN(CC(CC)CCCC)c1[c]cccc1. The fraction of sp³-hybridized carbons (Fsp3) is 0.727. The lowest BCUT2D eigenvalue weighted by Crippen LogP contribution is -2.34. The molecule has 1 aromatic rings. The molecule has 1 heteroatoms. The highest BCUT2D eigenvalue weighted by atomic mass is 15.1. The second-order valence-corrected chi connectivity index (χ2v) is 6.99. The van der Waals surface area contributed by atoms with Gasteiger partial charge in [-0.15, -0.1) is 0 Å². The summed E-state index contributed by atoms with van der Waals surface area (Å²) in [6, 6.07) is 12.0. The van der Waals surface area contributed by atoms with Crippen molar-refractivity contribution in [3.05, 3.63) is 30.3 Å². The van der Waals surface area contributed by atoms with E-state index in [4.69, 9.17) is 0 Å². The van der Waals surface area contributed by atoms with Crippen LogP contribution in [0.2, 0.25) is 0 Å². The maximum atomic E-state index is 3.47. The topological polar surface area (TPSA) is 3.24 Å². The molecule has 0 aliphatic rings. The molecule has 0 fully saturated rings. The van der Waals surface area contributed by atoms with E-state index < -0.39 is 0 Å². The fourth-order valence-electron chi connectivity index (χ4n) is 3.31. The van der Waals surface area contributed by atoms with Crippen molar-refractivity contribution in [3.63, 3.8) is 0 Å². The lowest BCUT2D eigenvalue weighted by molar-refractivity contribution is 0.403. The fourth-order valence-corrected chi connectivity index (χ4v) is 3.31. The monoisotopic (exact) mass is 316 g/mol. The van der Waals surface area contributed by atoms with Crippen LogP contribution >= 0.6 is 0 Å². The first-order chi connectivity index (χ1) is 11.2. The first kappa shape index (κ1) is 20.1.